The van der Waals surface area contributed by atoms with Gasteiger partial charge < -0.3 is 14.5 Å². The number of piperazine rings is 1. The molecule has 0 saturated carbocycles. The van der Waals surface area contributed by atoms with E-state index in [-0.39, 0.29) is 5.91 Å². The van der Waals surface area contributed by atoms with Crippen LogP contribution in [0.5, 0.6) is 5.75 Å². The molecule has 1 atom stereocenters. The standard InChI is InChI=1S/C18H20BrN3O2/c1-14(24-17-4-2-15(19)3-5-17)18(23)22-12-10-21(11-13-22)16-6-8-20-9-7-16/h2-9,14H,10-13H2,1H3/p+1/t14-/m1/s1. The molecule has 1 saturated heterocycles. The number of anilines is 1. The number of halogens is 1. The third-order valence-electron chi connectivity index (χ3n) is 4.13. The lowest BCUT2D eigenvalue weighted by atomic mass is 10.2. The number of nitrogens with one attached hydrogen (secondary N) is 1. The Labute approximate surface area is 150 Å². The first-order valence-electron chi connectivity index (χ1n) is 8.05. The second kappa shape index (κ2) is 7.66. The molecule has 3 rings (SSSR count). The molecule has 6 heteroatoms. The van der Waals surface area contributed by atoms with Crippen molar-refractivity contribution in [3.8, 4) is 5.75 Å². The summed E-state index contributed by atoms with van der Waals surface area (Å²) in [6, 6.07) is 11.6. The number of H-pyrrole nitrogens is 1. The van der Waals surface area contributed by atoms with E-state index in [1.807, 2.05) is 48.5 Å². The lowest BCUT2D eigenvalue weighted by Gasteiger charge is -2.36. The Hall–Kier alpha value is -2.08. The molecule has 2 aromatic rings. The van der Waals surface area contributed by atoms with Crippen LogP contribution in [0.25, 0.3) is 0 Å². The number of benzene rings is 1. The van der Waals surface area contributed by atoms with Crippen molar-refractivity contribution in [2.24, 2.45) is 0 Å². The van der Waals surface area contributed by atoms with E-state index in [2.05, 4.69) is 37.9 Å². The van der Waals surface area contributed by atoms with E-state index in [4.69, 9.17) is 4.74 Å². The van der Waals surface area contributed by atoms with Gasteiger partial charge in [0.15, 0.2) is 18.5 Å². The van der Waals surface area contributed by atoms with Gasteiger partial charge in [0.1, 0.15) is 5.75 Å². The van der Waals surface area contributed by atoms with E-state index < -0.39 is 6.10 Å². The predicted octanol–water partition coefficient (Wildman–Crippen LogP) is 2.38. The summed E-state index contributed by atoms with van der Waals surface area (Å²) in [6.45, 7) is 4.91. The quantitative estimate of drug-likeness (QED) is 0.804. The average Bonchev–Trinajstić information content (AvgIpc) is 2.64. The summed E-state index contributed by atoms with van der Waals surface area (Å²) >= 11 is 3.39. The molecule has 1 aromatic heterocycles. The summed E-state index contributed by atoms with van der Waals surface area (Å²) < 4.78 is 6.76. The molecule has 1 aliphatic rings. The summed E-state index contributed by atoms with van der Waals surface area (Å²) in [5.74, 6) is 0.747. The van der Waals surface area contributed by atoms with Gasteiger partial charge in [0.05, 0.1) is 0 Å². The van der Waals surface area contributed by atoms with Crippen LogP contribution < -0.4 is 14.6 Å². The minimum atomic E-state index is -0.482. The molecule has 24 heavy (non-hydrogen) atoms. The number of nitrogens with zero attached hydrogens (tertiary/aromatic N) is 2. The second-order valence-corrected chi connectivity index (χ2v) is 6.70. The molecule has 1 fully saturated rings. The van der Waals surface area contributed by atoms with Crippen LogP contribution in [0.2, 0.25) is 0 Å². The molecule has 0 aliphatic carbocycles. The molecule has 1 aliphatic heterocycles. The van der Waals surface area contributed by atoms with Crippen LogP contribution >= 0.6 is 15.9 Å². The number of hydrogen-bond donors (Lipinski definition) is 0. The van der Waals surface area contributed by atoms with Crippen molar-refractivity contribution >= 4 is 27.5 Å². The molecule has 1 amide bonds. The van der Waals surface area contributed by atoms with Gasteiger partial charge in [0.25, 0.3) is 5.91 Å². The summed E-state index contributed by atoms with van der Waals surface area (Å²) in [6.07, 6.45) is 3.35. The van der Waals surface area contributed by atoms with Gasteiger partial charge >= 0.3 is 0 Å². The zero-order valence-corrected chi connectivity index (χ0v) is 15.2. The summed E-state index contributed by atoms with van der Waals surface area (Å²) in [4.78, 5) is 19.8. The van der Waals surface area contributed by atoms with Crippen LogP contribution in [0.3, 0.4) is 0 Å². The zero-order valence-electron chi connectivity index (χ0n) is 13.6. The van der Waals surface area contributed by atoms with E-state index >= 15 is 0 Å². The van der Waals surface area contributed by atoms with Gasteiger partial charge in [0.2, 0.25) is 0 Å². The Bertz CT molecular complexity index is 670. The predicted molar refractivity (Wildman–Crippen MR) is 96.0 cm³/mol. The highest BCUT2D eigenvalue weighted by Crippen LogP contribution is 2.19. The van der Waals surface area contributed by atoms with Crippen LogP contribution in [-0.4, -0.2) is 43.1 Å². The van der Waals surface area contributed by atoms with Gasteiger partial charge in [-0.05, 0) is 31.2 Å². The number of aromatic amines is 1. The van der Waals surface area contributed by atoms with E-state index in [1.165, 1.54) is 5.69 Å². The Balaban J connectivity index is 1.53. The Morgan fingerprint density at radius 1 is 1.08 bits per heavy atom. The van der Waals surface area contributed by atoms with E-state index in [1.54, 1.807) is 0 Å². The van der Waals surface area contributed by atoms with Crippen molar-refractivity contribution < 1.29 is 14.5 Å². The highest BCUT2D eigenvalue weighted by Gasteiger charge is 2.26. The maximum absolute atomic E-state index is 12.6. The van der Waals surface area contributed by atoms with E-state index in [0.717, 1.165) is 17.6 Å². The van der Waals surface area contributed by atoms with Crippen LogP contribution in [0.4, 0.5) is 5.69 Å². The Kier molecular flexibility index (Phi) is 5.35. The van der Waals surface area contributed by atoms with Gasteiger partial charge in [-0.25, -0.2) is 4.98 Å². The summed E-state index contributed by atoms with van der Waals surface area (Å²) in [5, 5.41) is 0. The fraction of sp³-hybridized carbons (Fsp3) is 0.333. The van der Waals surface area contributed by atoms with Crippen molar-refractivity contribution in [2.75, 3.05) is 31.1 Å². The summed E-state index contributed by atoms with van der Waals surface area (Å²) in [5.41, 5.74) is 1.18. The van der Waals surface area contributed by atoms with Crippen LogP contribution in [0, 0.1) is 0 Å². The molecular formula is C18H21BrN3O2+. The maximum atomic E-state index is 12.6. The van der Waals surface area contributed by atoms with Gasteiger partial charge in [-0.3, -0.25) is 4.79 Å². The topological polar surface area (TPSA) is 46.9 Å². The number of hydrogen-bond acceptors (Lipinski definition) is 3. The van der Waals surface area contributed by atoms with Crippen molar-refractivity contribution in [1.82, 2.24) is 4.90 Å². The van der Waals surface area contributed by atoms with Crippen molar-refractivity contribution in [1.29, 1.82) is 0 Å². The first kappa shape index (κ1) is 16.8. The monoisotopic (exact) mass is 390 g/mol. The zero-order chi connectivity index (χ0) is 16.9. The Morgan fingerprint density at radius 3 is 2.33 bits per heavy atom. The van der Waals surface area contributed by atoms with Crippen molar-refractivity contribution in [3.63, 3.8) is 0 Å². The lowest BCUT2D eigenvalue weighted by Crippen LogP contribution is -2.52. The SMILES string of the molecule is C[C@@H](Oc1ccc(Br)cc1)C(=O)N1CCN(c2cc[nH+]cc2)CC1. The van der Waals surface area contributed by atoms with Crippen LogP contribution in [0.15, 0.2) is 53.3 Å². The summed E-state index contributed by atoms with van der Waals surface area (Å²) in [7, 11) is 0. The van der Waals surface area contributed by atoms with Gasteiger partial charge in [-0.1, -0.05) is 15.9 Å². The number of ether oxygens (including phenoxy) is 1. The normalized spacial score (nSPS) is 15.9. The van der Waals surface area contributed by atoms with Gasteiger partial charge in [-0.2, -0.15) is 0 Å². The third kappa shape index (κ3) is 4.06. The molecular weight excluding hydrogens is 370 g/mol. The highest BCUT2D eigenvalue weighted by atomic mass is 79.9. The smallest absolute Gasteiger partial charge is 0.263 e. The van der Waals surface area contributed by atoms with Gasteiger partial charge in [0, 0.05) is 48.5 Å². The molecule has 2 heterocycles. The number of carbonyl (C=O) groups is 1. The van der Waals surface area contributed by atoms with Gasteiger partial charge in [-0.15, -0.1) is 0 Å². The molecule has 0 spiro atoms. The molecule has 0 unspecified atom stereocenters. The molecule has 1 N–H and O–H groups in total. The second-order valence-electron chi connectivity index (χ2n) is 5.78. The van der Waals surface area contributed by atoms with E-state index in [0.29, 0.717) is 18.8 Å². The number of amides is 1. The van der Waals surface area contributed by atoms with Crippen molar-refractivity contribution in [3.05, 3.63) is 53.3 Å². The maximum Gasteiger partial charge on any atom is 0.263 e. The minimum Gasteiger partial charge on any atom is -0.481 e. The average molecular weight is 391 g/mol. The highest BCUT2D eigenvalue weighted by molar-refractivity contribution is 9.10. The largest absolute Gasteiger partial charge is 0.481 e. The van der Waals surface area contributed by atoms with Crippen LogP contribution in [-0.2, 0) is 4.79 Å². The number of pyridine rings is 1. The fourth-order valence-electron chi connectivity index (χ4n) is 2.80. The van der Waals surface area contributed by atoms with Crippen molar-refractivity contribution in [2.45, 2.75) is 13.0 Å². The fourth-order valence-corrected chi connectivity index (χ4v) is 3.06. The lowest BCUT2D eigenvalue weighted by molar-refractivity contribution is -0.377. The van der Waals surface area contributed by atoms with Crippen LogP contribution in [0.1, 0.15) is 6.92 Å². The number of aromatic nitrogens is 1. The minimum absolute atomic E-state index is 0.0407. The Morgan fingerprint density at radius 2 is 1.71 bits per heavy atom. The number of rotatable bonds is 4. The molecule has 0 radical (unpaired) electrons. The number of carbonyl (C=O) groups excluding carboxylic acids is 1. The van der Waals surface area contributed by atoms with E-state index in [9.17, 15) is 4.79 Å². The molecule has 1 aromatic carbocycles. The first-order valence-corrected chi connectivity index (χ1v) is 8.85. The molecule has 5 nitrogen and oxygen atoms in total. The first-order chi connectivity index (χ1) is 11.6. The molecule has 126 valence electrons. The third-order valence-corrected chi connectivity index (χ3v) is 4.66. The molecule has 0 bridgehead atoms.